The molecule has 0 aliphatic rings. The summed E-state index contributed by atoms with van der Waals surface area (Å²) < 4.78 is 24.5. The molecule has 4 rings (SSSR count). The van der Waals surface area contributed by atoms with E-state index in [2.05, 4.69) is 30.9 Å². The van der Waals surface area contributed by atoms with Gasteiger partial charge in [0.1, 0.15) is 16.9 Å². The van der Waals surface area contributed by atoms with Gasteiger partial charge in [-0.05, 0) is 36.9 Å². The number of benzene rings is 2. The van der Waals surface area contributed by atoms with Crippen LogP contribution in [-0.2, 0) is 20.1 Å². The van der Waals surface area contributed by atoms with E-state index in [-0.39, 0.29) is 5.82 Å². The highest BCUT2D eigenvalue weighted by molar-refractivity contribution is 7.00. The number of nitrogens with zero attached hydrogens (tertiary/aromatic N) is 5. The summed E-state index contributed by atoms with van der Waals surface area (Å²) in [5, 5.41) is 4.47. The van der Waals surface area contributed by atoms with Crippen molar-refractivity contribution < 1.29 is 4.39 Å². The summed E-state index contributed by atoms with van der Waals surface area (Å²) in [7, 11) is 3.90. The molecule has 5 nitrogen and oxygen atoms in total. The molecule has 7 heteroatoms. The maximum atomic E-state index is 14.2. The molecule has 0 saturated carbocycles. The smallest absolute Gasteiger partial charge is 0.132 e. The first kappa shape index (κ1) is 16.8. The fourth-order valence-corrected chi connectivity index (χ4v) is 3.64. The largest absolute Gasteiger partial charge is 0.298 e. The first-order valence-electron chi connectivity index (χ1n) is 8.27. The predicted octanol–water partition coefficient (Wildman–Crippen LogP) is 3.86. The Hall–Kier alpha value is -2.64. The minimum absolute atomic E-state index is 0.253. The molecule has 26 heavy (non-hydrogen) atoms. The van der Waals surface area contributed by atoms with E-state index in [1.54, 1.807) is 16.8 Å². The molecule has 0 bridgehead atoms. The van der Waals surface area contributed by atoms with Crippen molar-refractivity contribution in [3.8, 4) is 11.3 Å². The van der Waals surface area contributed by atoms with Crippen LogP contribution in [-0.4, -0.2) is 30.5 Å². The maximum absolute atomic E-state index is 14.2. The van der Waals surface area contributed by atoms with Crippen molar-refractivity contribution >= 4 is 22.8 Å². The molecule has 0 fully saturated rings. The fourth-order valence-electron chi connectivity index (χ4n) is 3.12. The van der Waals surface area contributed by atoms with Crippen LogP contribution in [0.15, 0.2) is 48.7 Å². The van der Waals surface area contributed by atoms with Crippen molar-refractivity contribution in [2.45, 2.75) is 13.1 Å². The third-order valence-electron chi connectivity index (χ3n) is 4.24. The van der Waals surface area contributed by atoms with Crippen molar-refractivity contribution in [3.05, 3.63) is 65.6 Å². The molecule has 0 radical (unpaired) electrons. The van der Waals surface area contributed by atoms with Crippen molar-refractivity contribution in [1.82, 2.24) is 23.4 Å². The number of aromatic nitrogens is 4. The Bertz CT molecular complexity index is 1050. The van der Waals surface area contributed by atoms with Crippen LogP contribution < -0.4 is 0 Å². The molecule has 0 aliphatic carbocycles. The van der Waals surface area contributed by atoms with Gasteiger partial charge in [0.05, 0.1) is 17.4 Å². The Balaban J connectivity index is 1.56. The highest BCUT2D eigenvalue weighted by atomic mass is 32.1. The first-order chi connectivity index (χ1) is 12.6. The summed E-state index contributed by atoms with van der Waals surface area (Å²) in [6.07, 6.45) is 1.95. The van der Waals surface area contributed by atoms with Crippen LogP contribution in [0.4, 0.5) is 4.39 Å². The van der Waals surface area contributed by atoms with Gasteiger partial charge in [-0.25, -0.2) is 4.39 Å². The lowest BCUT2D eigenvalue weighted by atomic mass is 10.1. The van der Waals surface area contributed by atoms with Gasteiger partial charge in [-0.15, -0.1) is 0 Å². The molecule has 0 N–H and O–H groups in total. The Morgan fingerprint density at radius 2 is 1.88 bits per heavy atom. The van der Waals surface area contributed by atoms with Gasteiger partial charge in [0.2, 0.25) is 0 Å². The van der Waals surface area contributed by atoms with Crippen LogP contribution in [0, 0.1) is 5.82 Å². The van der Waals surface area contributed by atoms with E-state index in [1.807, 2.05) is 32.4 Å². The normalized spacial score (nSPS) is 11.5. The molecule has 2 aromatic heterocycles. The van der Waals surface area contributed by atoms with Gasteiger partial charge < -0.3 is 0 Å². The summed E-state index contributed by atoms with van der Waals surface area (Å²) in [5.74, 6) is -0.253. The zero-order chi connectivity index (χ0) is 18.1. The average Bonchev–Trinajstić information content (AvgIpc) is 3.21. The lowest BCUT2D eigenvalue weighted by Gasteiger charge is -2.16. The van der Waals surface area contributed by atoms with Gasteiger partial charge in [-0.3, -0.25) is 9.58 Å². The number of halogens is 1. The fraction of sp³-hybridized carbons (Fsp3) is 0.211. The number of rotatable bonds is 5. The lowest BCUT2D eigenvalue weighted by molar-refractivity contribution is 0.319. The second-order valence-corrected chi connectivity index (χ2v) is 6.94. The molecule has 132 valence electrons. The van der Waals surface area contributed by atoms with E-state index in [0.717, 1.165) is 23.1 Å². The van der Waals surface area contributed by atoms with E-state index in [4.69, 9.17) is 0 Å². The van der Waals surface area contributed by atoms with Crippen molar-refractivity contribution in [2.75, 3.05) is 7.05 Å². The zero-order valence-corrected chi connectivity index (χ0v) is 15.4. The summed E-state index contributed by atoms with van der Waals surface area (Å²) in [6.45, 7) is 1.43. The number of hydrogen-bond acceptors (Lipinski definition) is 5. The second kappa shape index (κ2) is 6.93. The third kappa shape index (κ3) is 3.36. The third-order valence-corrected chi connectivity index (χ3v) is 4.80. The van der Waals surface area contributed by atoms with Crippen LogP contribution in [0.1, 0.15) is 11.1 Å². The molecule has 0 spiro atoms. The minimum Gasteiger partial charge on any atom is -0.298 e. The standard InChI is InChI=1S/C19H18FN5S/c1-24(10-13-7-8-17-18(9-13)23-26-22-17)11-14-12-25(2)21-19(14)15-5-3-4-6-16(15)20/h3-9,12H,10-11H2,1-2H3. The number of hydrogen-bond donors (Lipinski definition) is 0. The van der Waals surface area contributed by atoms with E-state index in [0.29, 0.717) is 17.8 Å². The first-order valence-corrected chi connectivity index (χ1v) is 9.00. The number of aryl methyl sites for hydroxylation is 1. The van der Waals surface area contributed by atoms with Crippen LogP contribution in [0.2, 0.25) is 0 Å². The molecule has 2 heterocycles. The zero-order valence-electron chi connectivity index (χ0n) is 14.6. The average molecular weight is 367 g/mol. The van der Waals surface area contributed by atoms with E-state index in [9.17, 15) is 4.39 Å². The molecule has 2 aromatic carbocycles. The quantitative estimate of drug-likeness (QED) is 0.537. The van der Waals surface area contributed by atoms with Crippen LogP contribution in [0.5, 0.6) is 0 Å². The summed E-state index contributed by atoms with van der Waals surface area (Å²) in [6, 6.07) is 12.9. The molecular formula is C19H18FN5S. The van der Waals surface area contributed by atoms with Crippen molar-refractivity contribution in [1.29, 1.82) is 0 Å². The van der Waals surface area contributed by atoms with Crippen LogP contribution in [0.25, 0.3) is 22.3 Å². The van der Waals surface area contributed by atoms with Gasteiger partial charge in [0.25, 0.3) is 0 Å². The van der Waals surface area contributed by atoms with E-state index >= 15 is 0 Å². The Morgan fingerprint density at radius 1 is 1.08 bits per heavy atom. The molecular weight excluding hydrogens is 349 g/mol. The molecule has 0 aliphatic heterocycles. The van der Waals surface area contributed by atoms with Crippen molar-refractivity contribution in [2.24, 2.45) is 7.05 Å². The van der Waals surface area contributed by atoms with Gasteiger partial charge in [0, 0.05) is 37.5 Å². The molecule has 0 saturated heterocycles. The lowest BCUT2D eigenvalue weighted by Crippen LogP contribution is -2.17. The molecule has 4 aromatic rings. The molecule has 0 amide bonds. The number of fused-ring (bicyclic) bond motifs is 1. The van der Waals surface area contributed by atoms with Gasteiger partial charge in [-0.1, -0.05) is 18.2 Å². The van der Waals surface area contributed by atoms with Gasteiger partial charge in [0.15, 0.2) is 0 Å². The van der Waals surface area contributed by atoms with Gasteiger partial charge in [-0.2, -0.15) is 13.8 Å². The Kier molecular flexibility index (Phi) is 4.48. The Labute approximate surface area is 155 Å². The molecule has 0 unspecified atom stereocenters. The maximum Gasteiger partial charge on any atom is 0.132 e. The SMILES string of the molecule is CN(Cc1ccc2nsnc2c1)Cc1cn(C)nc1-c1ccccc1F. The van der Waals surface area contributed by atoms with Crippen LogP contribution >= 0.6 is 11.7 Å². The summed E-state index contributed by atoms with van der Waals surface area (Å²) in [5.41, 5.74) is 5.24. The summed E-state index contributed by atoms with van der Waals surface area (Å²) >= 11 is 1.23. The highest BCUT2D eigenvalue weighted by Crippen LogP contribution is 2.26. The minimum atomic E-state index is -0.253. The van der Waals surface area contributed by atoms with Gasteiger partial charge >= 0.3 is 0 Å². The monoisotopic (exact) mass is 367 g/mol. The second-order valence-electron chi connectivity index (χ2n) is 6.42. The predicted molar refractivity (Wildman–Crippen MR) is 101 cm³/mol. The highest BCUT2D eigenvalue weighted by Gasteiger charge is 2.15. The molecule has 0 atom stereocenters. The van der Waals surface area contributed by atoms with Crippen LogP contribution in [0.3, 0.4) is 0 Å². The van der Waals surface area contributed by atoms with E-state index < -0.39 is 0 Å². The van der Waals surface area contributed by atoms with Crippen molar-refractivity contribution in [3.63, 3.8) is 0 Å². The topological polar surface area (TPSA) is 46.8 Å². The van der Waals surface area contributed by atoms with E-state index in [1.165, 1.54) is 23.4 Å². The summed E-state index contributed by atoms with van der Waals surface area (Å²) in [4.78, 5) is 2.18. The Morgan fingerprint density at radius 3 is 2.73 bits per heavy atom.